The van der Waals surface area contributed by atoms with Gasteiger partial charge in [-0.1, -0.05) is 0 Å². The Morgan fingerprint density at radius 1 is 1.10 bits per heavy atom. The van der Waals surface area contributed by atoms with Crippen LogP contribution in [0.15, 0.2) is 24.7 Å². The molecule has 31 heavy (non-hydrogen) atoms. The molecule has 0 saturated carbocycles. The van der Waals surface area contributed by atoms with E-state index in [1.165, 1.54) is 6.33 Å². The molecule has 0 aliphatic carbocycles. The molecular formula is C22H28N6O3. The van der Waals surface area contributed by atoms with Gasteiger partial charge in [-0.3, -0.25) is 4.90 Å². The van der Waals surface area contributed by atoms with Crippen LogP contribution in [0.4, 0.5) is 11.8 Å². The summed E-state index contributed by atoms with van der Waals surface area (Å²) in [5, 5.41) is 4.01. The number of fused-ring (bicyclic) bond motifs is 1. The number of aryl methyl sites for hydroxylation is 2. The average Bonchev–Trinajstić information content (AvgIpc) is 2.79. The third kappa shape index (κ3) is 5.18. The van der Waals surface area contributed by atoms with Crippen LogP contribution >= 0.6 is 0 Å². The average molecular weight is 425 g/mol. The van der Waals surface area contributed by atoms with E-state index in [1.54, 1.807) is 13.3 Å². The highest BCUT2D eigenvalue weighted by Crippen LogP contribution is 2.34. The molecule has 1 aromatic carbocycles. The van der Waals surface area contributed by atoms with Gasteiger partial charge in [0, 0.05) is 43.0 Å². The van der Waals surface area contributed by atoms with Gasteiger partial charge in [-0.15, -0.1) is 0 Å². The molecule has 1 aliphatic rings. The third-order valence-corrected chi connectivity index (χ3v) is 5.36. The van der Waals surface area contributed by atoms with Crippen LogP contribution in [0.2, 0.25) is 0 Å². The Morgan fingerprint density at radius 3 is 2.71 bits per heavy atom. The van der Waals surface area contributed by atoms with E-state index in [9.17, 15) is 0 Å². The predicted octanol–water partition coefficient (Wildman–Crippen LogP) is 2.89. The maximum Gasteiger partial charge on any atom is 0.228 e. The lowest BCUT2D eigenvalue weighted by atomic mass is 10.2. The van der Waals surface area contributed by atoms with E-state index in [2.05, 4.69) is 30.2 Å². The van der Waals surface area contributed by atoms with E-state index in [4.69, 9.17) is 14.2 Å². The maximum atomic E-state index is 6.07. The molecule has 1 N–H and O–H groups in total. The topological polar surface area (TPSA) is 94.5 Å². The van der Waals surface area contributed by atoms with E-state index >= 15 is 0 Å². The van der Waals surface area contributed by atoms with Crippen LogP contribution in [0.5, 0.6) is 11.5 Å². The summed E-state index contributed by atoms with van der Waals surface area (Å²) >= 11 is 0. The quantitative estimate of drug-likeness (QED) is 0.548. The number of ether oxygens (including phenoxy) is 3. The molecular weight excluding hydrogens is 396 g/mol. The molecule has 0 amide bonds. The van der Waals surface area contributed by atoms with Gasteiger partial charge in [-0.25, -0.2) is 19.9 Å². The molecule has 1 saturated heterocycles. The molecule has 2 aromatic heterocycles. The summed E-state index contributed by atoms with van der Waals surface area (Å²) in [7, 11) is 1.63. The Hall–Kier alpha value is -3.04. The zero-order valence-electron chi connectivity index (χ0n) is 18.2. The van der Waals surface area contributed by atoms with E-state index in [0.29, 0.717) is 29.9 Å². The van der Waals surface area contributed by atoms with Crippen molar-refractivity contribution in [3.63, 3.8) is 0 Å². The first-order valence-electron chi connectivity index (χ1n) is 10.5. The van der Waals surface area contributed by atoms with Gasteiger partial charge >= 0.3 is 0 Å². The number of nitrogens with one attached hydrogen (secondary N) is 1. The fourth-order valence-electron chi connectivity index (χ4n) is 3.42. The fourth-order valence-corrected chi connectivity index (χ4v) is 3.42. The van der Waals surface area contributed by atoms with Crippen LogP contribution in [0, 0.1) is 13.8 Å². The van der Waals surface area contributed by atoms with Gasteiger partial charge in [0.05, 0.1) is 32.4 Å². The van der Waals surface area contributed by atoms with Gasteiger partial charge in [0.15, 0.2) is 11.5 Å². The number of methoxy groups -OCH3 is 1. The summed E-state index contributed by atoms with van der Waals surface area (Å²) in [5.74, 6) is 2.42. The molecule has 9 heteroatoms. The molecule has 0 atom stereocenters. The number of rotatable bonds is 8. The molecule has 4 rings (SSSR count). The van der Waals surface area contributed by atoms with Gasteiger partial charge < -0.3 is 19.5 Å². The first-order chi connectivity index (χ1) is 15.1. The number of hydrogen-bond donors (Lipinski definition) is 1. The summed E-state index contributed by atoms with van der Waals surface area (Å²) < 4.78 is 17.0. The van der Waals surface area contributed by atoms with Crippen LogP contribution in [0.3, 0.4) is 0 Å². The Labute approximate surface area is 181 Å². The summed E-state index contributed by atoms with van der Waals surface area (Å²) in [5.41, 5.74) is 2.70. The highest BCUT2D eigenvalue weighted by molar-refractivity contribution is 5.92. The van der Waals surface area contributed by atoms with Crippen LogP contribution in [0.25, 0.3) is 10.9 Å². The molecule has 0 radical (unpaired) electrons. The number of morpholine rings is 1. The smallest absolute Gasteiger partial charge is 0.228 e. The second-order valence-electron chi connectivity index (χ2n) is 7.49. The second-order valence-corrected chi connectivity index (χ2v) is 7.49. The van der Waals surface area contributed by atoms with Crippen molar-refractivity contribution >= 4 is 22.7 Å². The zero-order chi connectivity index (χ0) is 21.6. The number of hydrogen-bond acceptors (Lipinski definition) is 9. The van der Waals surface area contributed by atoms with Gasteiger partial charge in [-0.05, 0) is 31.9 Å². The van der Waals surface area contributed by atoms with Crippen molar-refractivity contribution in [2.45, 2.75) is 20.3 Å². The first-order valence-corrected chi connectivity index (χ1v) is 10.5. The van der Waals surface area contributed by atoms with Gasteiger partial charge in [0.2, 0.25) is 5.95 Å². The first kappa shape index (κ1) is 21.2. The minimum Gasteiger partial charge on any atom is -0.493 e. The molecule has 0 bridgehead atoms. The molecule has 9 nitrogen and oxygen atoms in total. The fraction of sp³-hybridized carbons (Fsp3) is 0.455. The Morgan fingerprint density at radius 2 is 1.94 bits per heavy atom. The van der Waals surface area contributed by atoms with Gasteiger partial charge in [-0.2, -0.15) is 0 Å². The van der Waals surface area contributed by atoms with Crippen molar-refractivity contribution in [2.24, 2.45) is 0 Å². The Balaban J connectivity index is 1.51. The zero-order valence-corrected chi connectivity index (χ0v) is 18.2. The van der Waals surface area contributed by atoms with Gasteiger partial charge in [0.1, 0.15) is 12.1 Å². The van der Waals surface area contributed by atoms with Crippen molar-refractivity contribution in [3.8, 4) is 11.5 Å². The molecule has 3 heterocycles. The van der Waals surface area contributed by atoms with Crippen LogP contribution in [-0.2, 0) is 4.74 Å². The molecule has 1 fully saturated rings. The normalized spacial score (nSPS) is 14.5. The Kier molecular flexibility index (Phi) is 6.73. The van der Waals surface area contributed by atoms with E-state index in [-0.39, 0.29) is 0 Å². The highest BCUT2D eigenvalue weighted by atomic mass is 16.5. The van der Waals surface area contributed by atoms with Crippen LogP contribution in [-0.4, -0.2) is 71.4 Å². The second kappa shape index (κ2) is 9.84. The van der Waals surface area contributed by atoms with Crippen molar-refractivity contribution in [1.29, 1.82) is 0 Å². The Bertz CT molecular complexity index is 1040. The van der Waals surface area contributed by atoms with Crippen LogP contribution < -0.4 is 14.8 Å². The number of aromatic nitrogens is 4. The van der Waals surface area contributed by atoms with E-state index in [1.807, 2.05) is 26.0 Å². The van der Waals surface area contributed by atoms with Gasteiger partial charge in [0.25, 0.3) is 0 Å². The van der Waals surface area contributed by atoms with Crippen molar-refractivity contribution in [3.05, 3.63) is 35.9 Å². The van der Waals surface area contributed by atoms with E-state index in [0.717, 1.165) is 61.4 Å². The molecule has 0 unspecified atom stereocenters. The van der Waals surface area contributed by atoms with Crippen molar-refractivity contribution in [1.82, 2.24) is 24.8 Å². The molecule has 1 aliphatic heterocycles. The minimum absolute atomic E-state index is 0.492. The van der Waals surface area contributed by atoms with E-state index < -0.39 is 0 Å². The van der Waals surface area contributed by atoms with Crippen LogP contribution in [0.1, 0.15) is 17.7 Å². The third-order valence-electron chi connectivity index (χ3n) is 5.36. The lowest BCUT2D eigenvalue weighted by Crippen LogP contribution is -2.37. The summed E-state index contributed by atoms with van der Waals surface area (Å²) in [6, 6.07) is 3.77. The predicted molar refractivity (Wildman–Crippen MR) is 118 cm³/mol. The molecule has 164 valence electrons. The summed E-state index contributed by atoms with van der Waals surface area (Å²) in [6.45, 7) is 9.08. The minimum atomic E-state index is 0.492. The van der Waals surface area contributed by atoms with Crippen molar-refractivity contribution in [2.75, 3.05) is 51.9 Å². The molecule has 0 spiro atoms. The number of nitrogens with zero attached hydrogens (tertiary/aromatic N) is 5. The standard InChI is InChI=1S/C22H28N6O3/c1-15-13-23-22(26-16(15)2)27-21-17-11-20(19(29-3)12-18(17)24-14-25-21)31-8-4-5-28-6-9-30-10-7-28/h11-14H,4-10H2,1-3H3,(H,23,24,25,26,27). The maximum absolute atomic E-state index is 6.07. The molecule has 3 aromatic rings. The largest absolute Gasteiger partial charge is 0.493 e. The summed E-state index contributed by atoms with van der Waals surface area (Å²) in [6.07, 6.45) is 4.22. The SMILES string of the molecule is COc1cc2ncnc(Nc3ncc(C)c(C)n3)c2cc1OCCCN1CCOCC1. The lowest BCUT2D eigenvalue weighted by molar-refractivity contribution is 0.0357. The summed E-state index contributed by atoms with van der Waals surface area (Å²) in [4.78, 5) is 20.0. The number of benzene rings is 1. The highest BCUT2D eigenvalue weighted by Gasteiger charge is 2.14. The monoisotopic (exact) mass is 424 g/mol. The lowest BCUT2D eigenvalue weighted by Gasteiger charge is -2.26. The van der Waals surface area contributed by atoms with Crippen molar-refractivity contribution < 1.29 is 14.2 Å². The number of anilines is 2.